The molecule has 0 radical (unpaired) electrons. The van der Waals surface area contributed by atoms with Gasteiger partial charge in [0.25, 0.3) is 0 Å². The molecule has 0 aliphatic carbocycles. The Labute approximate surface area is 144 Å². The molecule has 3 rings (SSSR count). The number of benzene rings is 1. The largest absolute Gasteiger partial charge is 0.464 e. The van der Waals surface area contributed by atoms with Crippen LogP contribution in [0, 0.1) is 0 Å². The second kappa shape index (κ2) is 6.60. The number of fused-ring (bicyclic) bond motifs is 4. The Morgan fingerprint density at radius 1 is 1.32 bits per heavy atom. The number of ether oxygens (including phenoxy) is 2. The predicted octanol–water partition coefficient (Wildman–Crippen LogP) is 1.58. The van der Waals surface area contributed by atoms with Crippen molar-refractivity contribution < 1.29 is 29.1 Å². The molecule has 2 N–H and O–H groups in total. The number of esters is 1. The number of hydroxylamine groups is 2. The van der Waals surface area contributed by atoms with Gasteiger partial charge < -0.3 is 19.7 Å². The van der Waals surface area contributed by atoms with Crippen molar-refractivity contribution in [2.24, 2.45) is 0 Å². The second-order valence-electron chi connectivity index (χ2n) is 5.66. The molecule has 2 atom stereocenters. The van der Waals surface area contributed by atoms with E-state index in [0.717, 1.165) is 0 Å². The van der Waals surface area contributed by atoms with Gasteiger partial charge in [-0.1, -0.05) is 6.07 Å². The maximum Gasteiger partial charge on any atom is 0.412 e. The van der Waals surface area contributed by atoms with Crippen LogP contribution in [0.3, 0.4) is 0 Å². The van der Waals surface area contributed by atoms with Crippen molar-refractivity contribution in [3.8, 4) is 5.75 Å². The topological polar surface area (TPSA) is 108 Å². The molecule has 2 aliphatic rings. The summed E-state index contributed by atoms with van der Waals surface area (Å²) in [6.45, 7) is 4.19. The smallest absolute Gasteiger partial charge is 0.412 e. The highest BCUT2D eigenvalue weighted by molar-refractivity contribution is 5.88. The lowest BCUT2D eigenvalue weighted by molar-refractivity contribution is -0.148. The molecule has 9 nitrogen and oxygen atoms in total. The van der Waals surface area contributed by atoms with E-state index in [-0.39, 0.29) is 18.9 Å². The van der Waals surface area contributed by atoms with E-state index in [2.05, 4.69) is 5.32 Å². The minimum Gasteiger partial charge on any atom is -0.464 e. The van der Waals surface area contributed by atoms with Crippen LogP contribution in [0.2, 0.25) is 0 Å². The number of carbonyl (C=O) groups is 3. The molecular weight excluding hydrogens is 330 g/mol. The minimum atomic E-state index is -0.936. The lowest BCUT2D eigenvalue weighted by Crippen LogP contribution is -2.39. The summed E-state index contributed by atoms with van der Waals surface area (Å²) in [6, 6.07) is 2.47. The van der Waals surface area contributed by atoms with Gasteiger partial charge in [0.05, 0.1) is 13.2 Å². The molecule has 2 heterocycles. The first kappa shape index (κ1) is 17.0. The van der Waals surface area contributed by atoms with Crippen LogP contribution in [-0.4, -0.2) is 53.0 Å². The number of carbonyl (C=O) groups excluding carboxylic acids is 3. The molecule has 134 valence electrons. The number of hydrogen-bond acceptors (Lipinski definition) is 6. The summed E-state index contributed by atoms with van der Waals surface area (Å²) < 4.78 is 10.2. The second-order valence-corrected chi connectivity index (χ2v) is 5.66. The third kappa shape index (κ3) is 2.86. The molecule has 0 spiro atoms. The zero-order valence-corrected chi connectivity index (χ0v) is 13.9. The van der Waals surface area contributed by atoms with E-state index >= 15 is 0 Å². The van der Waals surface area contributed by atoms with Gasteiger partial charge in [-0.05, 0) is 37.1 Å². The Morgan fingerprint density at radius 2 is 2.08 bits per heavy atom. The Morgan fingerprint density at radius 3 is 2.76 bits per heavy atom. The zero-order chi connectivity index (χ0) is 18.1. The first-order valence-electron chi connectivity index (χ1n) is 8.02. The van der Waals surface area contributed by atoms with Crippen LogP contribution in [0.4, 0.5) is 9.59 Å². The molecule has 0 saturated carbocycles. The summed E-state index contributed by atoms with van der Waals surface area (Å²) in [5.41, 5.74) is 1.09. The first-order valence-corrected chi connectivity index (χ1v) is 8.02. The number of amides is 3. The van der Waals surface area contributed by atoms with Crippen LogP contribution in [0.15, 0.2) is 18.2 Å². The summed E-state index contributed by atoms with van der Waals surface area (Å²) in [6.07, 6.45) is -0.606. The van der Waals surface area contributed by atoms with Crippen molar-refractivity contribution >= 4 is 18.1 Å². The van der Waals surface area contributed by atoms with Crippen LogP contribution in [0.25, 0.3) is 0 Å². The van der Waals surface area contributed by atoms with E-state index in [1.807, 2.05) is 0 Å². The van der Waals surface area contributed by atoms with Gasteiger partial charge in [0, 0.05) is 6.54 Å². The average molecular weight is 349 g/mol. The van der Waals surface area contributed by atoms with Gasteiger partial charge in [-0.2, -0.15) is 5.06 Å². The van der Waals surface area contributed by atoms with Gasteiger partial charge in [0.1, 0.15) is 11.8 Å². The summed E-state index contributed by atoms with van der Waals surface area (Å²) in [5, 5.41) is 13.2. The summed E-state index contributed by atoms with van der Waals surface area (Å²) >= 11 is 0. The first-order chi connectivity index (χ1) is 12.0. The average Bonchev–Trinajstić information content (AvgIpc) is 2.82. The van der Waals surface area contributed by atoms with E-state index in [0.29, 0.717) is 22.7 Å². The van der Waals surface area contributed by atoms with Gasteiger partial charge >= 0.3 is 18.1 Å². The lowest BCUT2D eigenvalue weighted by Gasteiger charge is -2.31. The Balaban J connectivity index is 1.98. The zero-order valence-electron chi connectivity index (χ0n) is 13.9. The monoisotopic (exact) mass is 349 g/mol. The predicted molar refractivity (Wildman–Crippen MR) is 84.0 cm³/mol. The van der Waals surface area contributed by atoms with E-state index in [1.165, 1.54) is 4.90 Å². The number of rotatable bonds is 4. The molecule has 1 saturated heterocycles. The van der Waals surface area contributed by atoms with Crippen molar-refractivity contribution in [3.63, 3.8) is 0 Å². The maximum absolute atomic E-state index is 12.3. The number of urea groups is 1. The van der Waals surface area contributed by atoms with Crippen LogP contribution in [-0.2, 0) is 9.53 Å². The Kier molecular flexibility index (Phi) is 4.49. The van der Waals surface area contributed by atoms with Crippen molar-refractivity contribution in [2.45, 2.75) is 25.9 Å². The molecule has 1 fully saturated rings. The normalized spacial score (nSPS) is 21.0. The minimum absolute atomic E-state index is 0.149. The number of nitrogens with zero attached hydrogens (tertiary/aromatic N) is 2. The third-order valence-electron chi connectivity index (χ3n) is 4.17. The Bertz CT molecular complexity index is 722. The third-order valence-corrected chi connectivity index (χ3v) is 4.17. The van der Waals surface area contributed by atoms with E-state index in [9.17, 15) is 19.6 Å². The van der Waals surface area contributed by atoms with E-state index < -0.39 is 30.2 Å². The number of nitrogens with one attached hydrogen (secondary N) is 1. The highest BCUT2D eigenvalue weighted by atomic mass is 16.6. The SMILES string of the molecule is CCNC(=O)Oc1ccc2c(c1)[C@@H]1CN(C(=O)N1O)[C@H]2C(=O)OCC. The van der Waals surface area contributed by atoms with Crippen LogP contribution >= 0.6 is 0 Å². The molecule has 3 amide bonds. The molecule has 0 unspecified atom stereocenters. The highest BCUT2D eigenvalue weighted by Crippen LogP contribution is 2.44. The standard InChI is InChI=1S/C16H19N3O6/c1-3-17-15(21)25-9-5-6-10-11(7-9)12-8-18(16(22)19(12)23)13(10)14(20)24-4-2/h5-7,12-13,23H,3-4,8H2,1-2H3,(H,17,21)/t12-,13+/m0/s1. The van der Waals surface area contributed by atoms with Crippen molar-refractivity contribution in [1.82, 2.24) is 15.3 Å². The summed E-state index contributed by atoms with van der Waals surface area (Å²) in [4.78, 5) is 37.4. The molecule has 9 heteroatoms. The Hall–Kier alpha value is -2.81. The van der Waals surface area contributed by atoms with Crippen molar-refractivity contribution in [3.05, 3.63) is 29.3 Å². The number of hydrogen-bond donors (Lipinski definition) is 2. The van der Waals surface area contributed by atoms with Crippen LogP contribution in [0.5, 0.6) is 5.75 Å². The highest BCUT2D eigenvalue weighted by Gasteiger charge is 2.50. The molecule has 1 aromatic carbocycles. The summed E-state index contributed by atoms with van der Waals surface area (Å²) in [7, 11) is 0. The molecule has 25 heavy (non-hydrogen) atoms. The van der Waals surface area contributed by atoms with Crippen LogP contribution in [0.1, 0.15) is 37.1 Å². The lowest BCUT2D eigenvalue weighted by atomic mass is 9.91. The van der Waals surface area contributed by atoms with Crippen molar-refractivity contribution in [1.29, 1.82) is 0 Å². The molecular formula is C16H19N3O6. The molecule has 0 aromatic heterocycles. The maximum atomic E-state index is 12.3. The fraction of sp³-hybridized carbons (Fsp3) is 0.438. The molecule has 2 bridgehead atoms. The molecule has 1 aromatic rings. The van der Waals surface area contributed by atoms with Gasteiger partial charge in [0.15, 0.2) is 6.04 Å². The quantitative estimate of drug-likeness (QED) is 0.631. The summed E-state index contributed by atoms with van der Waals surface area (Å²) in [5.74, 6) is -0.309. The van der Waals surface area contributed by atoms with Gasteiger partial charge in [-0.3, -0.25) is 5.21 Å². The van der Waals surface area contributed by atoms with Gasteiger partial charge in [-0.25, -0.2) is 14.4 Å². The van der Waals surface area contributed by atoms with Gasteiger partial charge in [0.2, 0.25) is 0 Å². The van der Waals surface area contributed by atoms with Gasteiger partial charge in [-0.15, -0.1) is 0 Å². The fourth-order valence-corrected chi connectivity index (χ4v) is 3.14. The van der Waals surface area contributed by atoms with Crippen molar-refractivity contribution in [2.75, 3.05) is 19.7 Å². The van der Waals surface area contributed by atoms with E-state index in [4.69, 9.17) is 9.47 Å². The fourth-order valence-electron chi connectivity index (χ4n) is 3.14. The van der Waals surface area contributed by atoms with E-state index in [1.54, 1.807) is 32.0 Å². The molecule has 2 aliphatic heterocycles. The van der Waals surface area contributed by atoms with Crippen LogP contribution < -0.4 is 10.1 Å².